The number of carbonyl (C=O) groups excluding carboxylic acids is 3. The van der Waals surface area contributed by atoms with Gasteiger partial charge in [-0.15, -0.1) is 0 Å². The van der Waals surface area contributed by atoms with Gasteiger partial charge in [-0.3, -0.25) is 9.59 Å². The van der Waals surface area contributed by atoms with Crippen LogP contribution in [0, 0.1) is 6.92 Å². The minimum Gasteiger partial charge on any atom is -0.449 e. The van der Waals surface area contributed by atoms with Crippen molar-refractivity contribution >= 4 is 23.5 Å². The van der Waals surface area contributed by atoms with Gasteiger partial charge in [-0.05, 0) is 68.4 Å². The van der Waals surface area contributed by atoms with Crippen molar-refractivity contribution in [3.63, 3.8) is 0 Å². The fourth-order valence-electron chi connectivity index (χ4n) is 2.62. The van der Waals surface area contributed by atoms with Crippen LogP contribution in [-0.4, -0.2) is 33.7 Å². The van der Waals surface area contributed by atoms with Gasteiger partial charge in [0.1, 0.15) is 0 Å². The molecule has 0 aliphatic carbocycles. The van der Waals surface area contributed by atoms with Gasteiger partial charge in [0.15, 0.2) is 6.10 Å². The van der Waals surface area contributed by atoms with Crippen LogP contribution >= 0.6 is 0 Å². The van der Waals surface area contributed by atoms with Crippen molar-refractivity contribution in [3.8, 4) is 5.69 Å². The van der Waals surface area contributed by atoms with Crippen molar-refractivity contribution in [1.82, 2.24) is 9.78 Å². The highest BCUT2D eigenvalue weighted by atomic mass is 16.5. The van der Waals surface area contributed by atoms with Crippen LogP contribution in [-0.2, 0) is 9.53 Å². The summed E-state index contributed by atoms with van der Waals surface area (Å²) >= 11 is 0. The van der Waals surface area contributed by atoms with E-state index in [1.54, 1.807) is 47.3 Å². The SMILES string of the molecule is Cc1ccnn1-c1ccc(C(=O)OC(C)C(=O)Nc2ccc(C(N)=O)cc2)cc1. The summed E-state index contributed by atoms with van der Waals surface area (Å²) in [6, 6.07) is 14.7. The van der Waals surface area contributed by atoms with Gasteiger partial charge in [0.2, 0.25) is 5.91 Å². The molecule has 0 spiro atoms. The van der Waals surface area contributed by atoms with E-state index in [0.29, 0.717) is 16.8 Å². The third-order valence-corrected chi connectivity index (χ3v) is 4.27. The number of aryl methyl sites for hydroxylation is 1. The first-order chi connectivity index (χ1) is 13.8. The zero-order valence-corrected chi connectivity index (χ0v) is 16.0. The number of rotatable bonds is 6. The Hall–Kier alpha value is -3.94. The number of hydrogen-bond donors (Lipinski definition) is 2. The van der Waals surface area contributed by atoms with Crippen molar-refractivity contribution in [2.45, 2.75) is 20.0 Å². The molecule has 0 saturated heterocycles. The van der Waals surface area contributed by atoms with Crippen LogP contribution in [0.1, 0.15) is 33.3 Å². The van der Waals surface area contributed by atoms with E-state index >= 15 is 0 Å². The lowest BCUT2D eigenvalue weighted by Gasteiger charge is -2.14. The van der Waals surface area contributed by atoms with E-state index in [1.165, 1.54) is 19.1 Å². The van der Waals surface area contributed by atoms with Crippen molar-refractivity contribution < 1.29 is 19.1 Å². The van der Waals surface area contributed by atoms with E-state index in [9.17, 15) is 14.4 Å². The van der Waals surface area contributed by atoms with E-state index in [2.05, 4.69) is 10.4 Å². The highest BCUT2D eigenvalue weighted by Gasteiger charge is 2.19. The van der Waals surface area contributed by atoms with Crippen LogP contribution in [0.2, 0.25) is 0 Å². The van der Waals surface area contributed by atoms with Crippen LogP contribution in [0.5, 0.6) is 0 Å². The Morgan fingerprint density at radius 3 is 2.17 bits per heavy atom. The molecule has 0 bridgehead atoms. The standard InChI is InChI=1S/C21H20N4O4/c1-13-11-12-23-25(13)18-9-5-16(6-10-18)21(28)29-14(2)20(27)24-17-7-3-15(4-8-17)19(22)26/h3-12,14H,1-2H3,(H2,22,26)(H,24,27). The van der Waals surface area contributed by atoms with Crippen molar-refractivity contribution in [1.29, 1.82) is 0 Å². The van der Waals surface area contributed by atoms with Crippen molar-refractivity contribution in [2.75, 3.05) is 5.32 Å². The van der Waals surface area contributed by atoms with Gasteiger partial charge in [-0.1, -0.05) is 0 Å². The summed E-state index contributed by atoms with van der Waals surface area (Å²) in [5.74, 6) is -1.66. The number of nitrogens with two attached hydrogens (primary N) is 1. The zero-order chi connectivity index (χ0) is 21.0. The number of esters is 1. The maximum Gasteiger partial charge on any atom is 0.338 e. The summed E-state index contributed by atoms with van der Waals surface area (Å²) in [5, 5.41) is 6.83. The van der Waals surface area contributed by atoms with Gasteiger partial charge in [-0.25, -0.2) is 9.48 Å². The fraction of sp³-hybridized carbons (Fsp3) is 0.143. The Morgan fingerprint density at radius 2 is 1.62 bits per heavy atom. The predicted molar refractivity (Wildman–Crippen MR) is 107 cm³/mol. The number of hydrogen-bond acceptors (Lipinski definition) is 5. The molecule has 1 unspecified atom stereocenters. The normalized spacial score (nSPS) is 11.5. The first-order valence-corrected chi connectivity index (χ1v) is 8.88. The van der Waals surface area contributed by atoms with Gasteiger partial charge in [0.25, 0.3) is 5.91 Å². The van der Waals surface area contributed by atoms with Gasteiger partial charge in [0, 0.05) is 23.1 Å². The molecule has 3 rings (SSSR count). The fourth-order valence-corrected chi connectivity index (χ4v) is 2.62. The second kappa shape index (κ2) is 8.39. The van der Waals surface area contributed by atoms with E-state index in [-0.39, 0.29) is 0 Å². The van der Waals surface area contributed by atoms with Gasteiger partial charge < -0.3 is 15.8 Å². The summed E-state index contributed by atoms with van der Waals surface area (Å²) in [6.07, 6.45) is 0.686. The summed E-state index contributed by atoms with van der Waals surface area (Å²) < 4.78 is 6.98. The molecule has 1 atom stereocenters. The molecule has 0 radical (unpaired) electrons. The van der Waals surface area contributed by atoms with E-state index < -0.39 is 23.9 Å². The molecule has 8 nitrogen and oxygen atoms in total. The third kappa shape index (κ3) is 4.67. The molecule has 148 valence electrons. The largest absolute Gasteiger partial charge is 0.449 e. The highest BCUT2D eigenvalue weighted by Crippen LogP contribution is 2.14. The van der Waals surface area contributed by atoms with Gasteiger partial charge in [-0.2, -0.15) is 5.10 Å². The van der Waals surface area contributed by atoms with Crippen LogP contribution in [0.15, 0.2) is 60.8 Å². The Kier molecular flexibility index (Phi) is 5.73. The smallest absolute Gasteiger partial charge is 0.338 e. The second-order valence-corrected chi connectivity index (χ2v) is 6.41. The second-order valence-electron chi connectivity index (χ2n) is 6.41. The number of benzene rings is 2. The average molecular weight is 392 g/mol. The Bertz CT molecular complexity index is 1040. The topological polar surface area (TPSA) is 116 Å². The zero-order valence-electron chi connectivity index (χ0n) is 16.0. The number of nitrogens with zero attached hydrogens (tertiary/aromatic N) is 2. The molecule has 2 amide bonds. The van der Waals surface area contributed by atoms with E-state index in [4.69, 9.17) is 10.5 Å². The molecule has 0 saturated carbocycles. The first-order valence-electron chi connectivity index (χ1n) is 8.88. The molecular formula is C21H20N4O4. The number of amides is 2. The maximum absolute atomic E-state index is 12.3. The minimum absolute atomic E-state index is 0.323. The average Bonchev–Trinajstić information content (AvgIpc) is 3.14. The van der Waals surface area contributed by atoms with Crippen LogP contribution < -0.4 is 11.1 Å². The number of nitrogens with one attached hydrogen (secondary N) is 1. The van der Waals surface area contributed by atoms with Gasteiger partial charge in [0.05, 0.1) is 11.3 Å². The molecule has 29 heavy (non-hydrogen) atoms. The monoisotopic (exact) mass is 392 g/mol. The van der Waals surface area contributed by atoms with Crippen molar-refractivity contribution in [3.05, 3.63) is 77.6 Å². The molecule has 0 fully saturated rings. The lowest BCUT2D eigenvalue weighted by molar-refractivity contribution is -0.123. The first kappa shape index (κ1) is 19.8. The van der Waals surface area contributed by atoms with Crippen molar-refractivity contribution in [2.24, 2.45) is 5.73 Å². The molecule has 0 aliphatic heterocycles. The van der Waals surface area contributed by atoms with E-state index in [1.807, 2.05) is 13.0 Å². The summed E-state index contributed by atoms with van der Waals surface area (Å²) in [7, 11) is 0. The quantitative estimate of drug-likeness (QED) is 0.625. The number of aromatic nitrogens is 2. The minimum atomic E-state index is -1.01. The number of carbonyl (C=O) groups is 3. The molecule has 3 aromatic rings. The molecule has 8 heteroatoms. The summed E-state index contributed by atoms with van der Waals surface area (Å²) in [5.41, 5.74) is 8.07. The van der Waals surface area contributed by atoms with E-state index in [0.717, 1.165) is 11.4 Å². The highest BCUT2D eigenvalue weighted by molar-refractivity contribution is 5.98. The number of ether oxygens (including phenoxy) is 1. The lowest BCUT2D eigenvalue weighted by Crippen LogP contribution is -2.30. The number of anilines is 1. The molecule has 0 aliphatic rings. The molecule has 1 heterocycles. The van der Waals surface area contributed by atoms with Gasteiger partial charge >= 0.3 is 5.97 Å². The lowest BCUT2D eigenvalue weighted by atomic mass is 10.2. The molecular weight excluding hydrogens is 372 g/mol. The Balaban J connectivity index is 1.60. The third-order valence-electron chi connectivity index (χ3n) is 4.27. The molecule has 3 N–H and O–H groups in total. The van der Waals surface area contributed by atoms with Crippen LogP contribution in [0.25, 0.3) is 5.69 Å². The Morgan fingerprint density at radius 1 is 1.00 bits per heavy atom. The summed E-state index contributed by atoms with van der Waals surface area (Å²) in [4.78, 5) is 35.6. The maximum atomic E-state index is 12.3. The predicted octanol–water partition coefficient (Wildman–Crippen LogP) is 2.46. The summed E-state index contributed by atoms with van der Waals surface area (Å²) in [6.45, 7) is 3.41. The number of primary amides is 1. The molecule has 1 aromatic heterocycles. The molecule has 2 aromatic carbocycles. The Labute approximate surface area is 167 Å². The van der Waals surface area contributed by atoms with Crippen LogP contribution in [0.3, 0.4) is 0 Å². The van der Waals surface area contributed by atoms with Crippen LogP contribution in [0.4, 0.5) is 5.69 Å².